The summed E-state index contributed by atoms with van der Waals surface area (Å²) in [4.78, 5) is 24.3. The van der Waals surface area contributed by atoms with Crippen LogP contribution in [0.25, 0.3) is 0 Å². The van der Waals surface area contributed by atoms with E-state index < -0.39 is 23.7 Å². The lowest BCUT2D eigenvalue weighted by molar-refractivity contribution is -0.137. The largest absolute Gasteiger partial charge is 0.416 e. The minimum atomic E-state index is -4.47. The molecule has 3 N–H and O–H groups in total. The van der Waals surface area contributed by atoms with Crippen molar-refractivity contribution in [3.05, 3.63) is 29.8 Å². The first-order chi connectivity index (χ1) is 11.8. The summed E-state index contributed by atoms with van der Waals surface area (Å²) < 4.78 is 38.1. The number of fused-ring (bicyclic) bond motifs is 1. The van der Waals surface area contributed by atoms with Crippen LogP contribution in [0.15, 0.2) is 24.3 Å². The van der Waals surface area contributed by atoms with E-state index in [2.05, 4.69) is 16.0 Å². The lowest BCUT2D eigenvalue weighted by atomic mass is 9.87. The van der Waals surface area contributed by atoms with Crippen LogP contribution in [0.3, 0.4) is 0 Å². The van der Waals surface area contributed by atoms with Crippen molar-refractivity contribution in [1.29, 1.82) is 0 Å². The molecule has 0 radical (unpaired) electrons. The van der Waals surface area contributed by atoms with E-state index in [-0.39, 0.29) is 30.1 Å². The van der Waals surface area contributed by atoms with E-state index >= 15 is 0 Å². The molecule has 0 bridgehead atoms. The summed E-state index contributed by atoms with van der Waals surface area (Å²) in [6, 6.07) is 4.03. The summed E-state index contributed by atoms with van der Waals surface area (Å²) in [5.41, 5.74) is -0.768. The number of nitrogens with one attached hydrogen (secondary N) is 3. The zero-order valence-corrected chi connectivity index (χ0v) is 13.5. The van der Waals surface area contributed by atoms with Crippen molar-refractivity contribution in [2.24, 2.45) is 0 Å². The Hall–Kier alpha value is -2.09. The minimum absolute atomic E-state index is 0.0617. The Morgan fingerprint density at radius 3 is 2.64 bits per heavy atom. The Morgan fingerprint density at radius 2 is 1.92 bits per heavy atom. The Morgan fingerprint density at radius 1 is 1.20 bits per heavy atom. The van der Waals surface area contributed by atoms with E-state index in [1.165, 1.54) is 12.1 Å². The molecule has 1 saturated carbocycles. The Labute approximate surface area is 143 Å². The van der Waals surface area contributed by atoms with Gasteiger partial charge in [-0.1, -0.05) is 18.9 Å². The summed E-state index contributed by atoms with van der Waals surface area (Å²) >= 11 is 0. The van der Waals surface area contributed by atoms with Gasteiger partial charge in [0.05, 0.1) is 18.0 Å². The maximum absolute atomic E-state index is 12.7. The molecule has 8 heteroatoms. The minimum Gasteiger partial charge on any atom is -0.350 e. The fourth-order valence-corrected chi connectivity index (χ4v) is 3.44. The zero-order valence-electron chi connectivity index (χ0n) is 13.5. The fourth-order valence-electron chi connectivity index (χ4n) is 3.44. The number of carbonyl (C=O) groups excluding carboxylic acids is 2. The molecule has 3 atom stereocenters. The van der Waals surface area contributed by atoms with Crippen LogP contribution in [0.5, 0.6) is 0 Å². The summed E-state index contributed by atoms with van der Waals surface area (Å²) in [6.07, 6.45) is -0.576. The van der Waals surface area contributed by atoms with Crippen molar-refractivity contribution in [2.75, 3.05) is 5.32 Å². The number of piperazine rings is 1. The number of benzene rings is 1. The molecule has 1 aliphatic heterocycles. The number of hydrogen-bond acceptors (Lipinski definition) is 3. The summed E-state index contributed by atoms with van der Waals surface area (Å²) in [5.74, 6) is -0.733. The van der Waals surface area contributed by atoms with Crippen LogP contribution in [-0.2, 0) is 15.8 Å². The Balaban J connectivity index is 1.60. The van der Waals surface area contributed by atoms with E-state index in [9.17, 15) is 22.8 Å². The number of hydrogen-bond donors (Lipinski definition) is 3. The number of amides is 2. The van der Waals surface area contributed by atoms with Gasteiger partial charge in [0.1, 0.15) is 0 Å². The van der Waals surface area contributed by atoms with Gasteiger partial charge < -0.3 is 16.0 Å². The second kappa shape index (κ2) is 7.03. The van der Waals surface area contributed by atoms with Gasteiger partial charge in [0.25, 0.3) is 0 Å². The number of anilines is 1. The molecule has 3 rings (SSSR count). The normalized spacial score (nSPS) is 26.5. The van der Waals surface area contributed by atoms with Crippen molar-refractivity contribution in [3.8, 4) is 0 Å². The topological polar surface area (TPSA) is 70.2 Å². The summed E-state index contributed by atoms with van der Waals surface area (Å²) in [6.45, 7) is 0. The molecule has 0 unspecified atom stereocenters. The molecule has 1 aromatic rings. The second-order valence-corrected chi connectivity index (χ2v) is 6.56. The molecule has 0 spiro atoms. The van der Waals surface area contributed by atoms with Crippen LogP contribution in [0, 0.1) is 0 Å². The van der Waals surface area contributed by atoms with E-state index in [0.29, 0.717) is 0 Å². The van der Waals surface area contributed by atoms with E-state index in [0.717, 1.165) is 37.8 Å². The molecule has 136 valence electrons. The Bertz CT molecular complexity index is 663. The Kier molecular flexibility index (Phi) is 4.99. The van der Waals surface area contributed by atoms with Gasteiger partial charge in [-0.15, -0.1) is 0 Å². The molecule has 2 fully saturated rings. The molecule has 5 nitrogen and oxygen atoms in total. The van der Waals surface area contributed by atoms with Crippen molar-refractivity contribution < 1.29 is 22.8 Å². The molecule has 0 aromatic heterocycles. The van der Waals surface area contributed by atoms with Gasteiger partial charge >= 0.3 is 6.18 Å². The predicted octanol–water partition coefficient (Wildman–Crippen LogP) is 2.43. The molecule has 2 amide bonds. The van der Waals surface area contributed by atoms with Crippen LogP contribution in [0.1, 0.15) is 37.7 Å². The highest BCUT2D eigenvalue weighted by Crippen LogP contribution is 2.30. The van der Waals surface area contributed by atoms with Gasteiger partial charge in [0.15, 0.2) is 0 Å². The first kappa shape index (κ1) is 17.7. The molecule has 1 saturated heterocycles. The highest BCUT2D eigenvalue weighted by atomic mass is 19.4. The highest BCUT2D eigenvalue weighted by molar-refractivity contribution is 5.95. The molecule has 2 aliphatic rings. The van der Waals surface area contributed by atoms with Crippen LogP contribution in [0.2, 0.25) is 0 Å². The average Bonchev–Trinajstić information content (AvgIpc) is 2.55. The molecular formula is C17H20F3N3O2. The van der Waals surface area contributed by atoms with Gasteiger partial charge in [0, 0.05) is 17.8 Å². The van der Waals surface area contributed by atoms with Crippen LogP contribution in [-0.4, -0.2) is 29.9 Å². The maximum Gasteiger partial charge on any atom is 0.416 e. The van der Waals surface area contributed by atoms with Gasteiger partial charge in [-0.25, -0.2) is 0 Å². The van der Waals surface area contributed by atoms with E-state index in [4.69, 9.17) is 0 Å². The monoisotopic (exact) mass is 355 g/mol. The quantitative estimate of drug-likeness (QED) is 0.780. The summed E-state index contributed by atoms with van der Waals surface area (Å²) in [7, 11) is 0. The molecular weight excluding hydrogens is 335 g/mol. The van der Waals surface area contributed by atoms with Crippen molar-refractivity contribution in [1.82, 2.24) is 10.6 Å². The first-order valence-electron chi connectivity index (χ1n) is 8.36. The number of alkyl halides is 3. The van der Waals surface area contributed by atoms with E-state index in [1.54, 1.807) is 0 Å². The van der Waals surface area contributed by atoms with Crippen LogP contribution >= 0.6 is 0 Å². The second-order valence-electron chi connectivity index (χ2n) is 6.56. The molecule has 1 heterocycles. The van der Waals surface area contributed by atoms with Crippen molar-refractivity contribution >= 4 is 17.5 Å². The smallest absolute Gasteiger partial charge is 0.350 e. The van der Waals surface area contributed by atoms with Crippen LogP contribution < -0.4 is 16.0 Å². The lowest BCUT2D eigenvalue weighted by Gasteiger charge is -2.40. The third-order valence-electron chi connectivity index (χ3n) is 4.69. The standard InChI is InChI=1S/C17H20F3N3O2/c18-17(19,20)10-4-3-5-11(8-10)21-15(24)9-14-16(25)23-13-7-2-1-6-12(13)22-14/h3-5,8,12-14,22H,1-2,6-7,9H2,(H,21,24)(H,23,25)/t12-,13-,14+/m0/s1. The third kappa shape index (κ3) is 4.31. The fraction of sp³-hybridized carbons (Fsp3) is 0.529. The zero-order chi connectivity index (χ0) is 18.0. The highest BCUT2D eigenvalue weighted by Gasteiger charge is 2.37. The van der Waals surface area contributed by atoms with E-state index in [1.807, 2.05) is 0 Å². The molecule has 1 aliphatic carbocycles. The van der Waals surface area contributed by atoms with Crippen molar-refractivity contribution in [3.63, 3.8) is 0 Å². The predicted molar refractivity (Wildman–Crippen MR) is 85.8 cm³/mol. The lowest BCUT2D eigenvalue weighted by Crippen LogP contribution is -2.65. The SMILES string of the molecule is O=C(C[C@H]1N[C@H]2CCCC[C@@H]2NC1=O)Nc1cccc(C(F)(F)F)c1. The van der Waals surface area contributed by atoms with Gasteiger partial charge in [-0.2, -0.15) is 13.2 Å². The van der Waals surface area contributed by atoms with Crippen molar-refractivity contribution in [2.45, 2.75) is 56.4 Å². The van der Waals surface area contributed by atoms with Gasteiger partial charge in [-0.05, 0) is 31.0 Å². The third-order valence-corrected chi connectivity index (χ3v) is 4.69. The molecule has 1 aromatic carbocycles. The average molecular weight is 355 g/mol. The number of rotatable bonds is 3. The van der Waals surface area contributed by atoms with Gasteiger partial charge in [-0.3, -0.25) is 9.59 Å². The number of halogens is 3. The summed E-state index contributed by atoms with van der Waals surface area (Å²) in [5, 5.41) is 8.58. The maximum atomic E-state index is 12.7. The van der Waals surface area contributed by atoms with Gasteiger partial charge in [0.2, 0.25) is 11.8 Å². The number of carbonyl (C=O) groups is 2. The van der Waals surface area contributed by atoms with Crippen LogP contribution in [0.4, 0.5) is 18.9 Å². The molecule has 25 heavy (non-hydrogen) atoms. The first-order valence-corrected chi connectivity index (χ1v) is 8.36.